The van der Waals surface area contributed by atoms with E-state index in [1.165, 1.54) is 38.2 Å². The molecule has 1 fully saturated rings. The van der Waals surface area contributed by atoms with Crippen LogP contribution in [0.15, 0.2) is 18.2 Å². The van der Waals surface area contributed by atoms with Gasteiger partial charge >= 0.3 is 5.97 Å². The first-order valence-corrected chi connectivity index (χ1v) is 6.18. The van der Waals surface area contributed by atoms with E-state index >= 15 is 0 Å². The monoisotopic (exact) mass is 234 g/mol. The Morgan fingerprint density at radius 1 is 1.35 bits per heavy atom. The Labute approximate surface area is 101 Å². The van der Waals surface area contributed by atoms with Gasteiger partial charge < -0.3 is 10.4 Å². The molecule has 2 N–H and O–H groups in total. The minimum absolute atomic E-state index is 0.118. The lowest BCUT2D eigenvalue weighted by atomic mass is 9.95. The highest BCUT2D eigenvalue weighted by molar-refractivity contribution is 5.85. The van der Waals surface area contributed by atoms with Crippen LogP contribution in [0.5, 0.6) is 0 Å². The summed E-state index contributed by atoms with van der Waals surface area (Å²) in [6, 6.07) is 5.70. The maximum atomic E-state index is 10.8. The number of pyridine rings is 1. The summed E-state index contributed by atoms with van der Waals surface area (Å²) >= 11 is 0. The van der Waals surface area contributed by atoms with Gasteiger partial charge in [-0.25, -0.2) is 9.78 Å². The molecule has 0 unspecified atom stereocenters. The number of hydrogen-bond acceptors (Lipinski definition) is 3. The van der Waals surface area contributed by atoms with Gasteiger partial charge in [0.15, 0.2) is 0 Å². The Morgan fingerprint density at radius 2 is 2.12 bits per heavy atom. The van der Waals surface area contributed by atoms with Crippen LogP contribution in [0.1, 0.15) is 48.3 Å². The van der Waals surface area contributed by atoms with Gasteiger partial charge in [-0.15, -0.1) is 0 Å². The zero-order valence-electron chi connectivity index (χ0n) is 9.85. The highest BCUT2D eigenvalue weighted by Crippen LogP contribution is 2.17. The van der Waals surface area contributed by atoms with Crippen molar-refractivity contribution in [3.63, 3.8) is 0 Å². The smallest absolute Gasteiger partial charge is 0.354 e. The van der Waals surface area contributed by atoms with Crippen LogP contribution >= 0.6 is 0 Å². The second kappa shape index (κ2) is 5.77. The fourth-order valence-electron chi connectivity index (χ4n) is 2.25. The van der Waals surface area contributed by atoms with Gasteiger partial charge in [-0.3, -0.25) is 0 Å². The number of carboxylic acids is 1. The summed E-state index contributed by atoms with van der Waals surface area (Å²) in [4.78, 5) is 14.9. The van der Waals surface area contributed by atoms with Crippen molar-refractivity contribution in [3.05, 3.63) is 29.6 Å². The summed E-state index contributed by atoms with van der Waals surface area (Å²) < 4.78 is 0. The molecule has 1 aromatic heterocycles. The van der Waals surface area contributed by atoms with E-state index in [4.69, 9.17) is 5.11 Å². The third kappa shape index (κ3) is 3.53. The van der Waals surface area contributed by atoms with Gasteiger partial charge in [0.2, 0.25) is 0 Å². The zero-order valence-corrected chi connectivity index (χ0v) is 9.85. The third-order valence-corrected chi connectivity index (χ3v) is 3.20. The molecule has 1 aliphatic rings. The molecule has 0 aliphatic heterocycles. The number of rotatable bonds is 4. The van der Waals surface area contributed by atoms with E-state index in [0.717, 1.165) is 5.69 Å². The van der Waals surface area contributed by atoms with Crippen LogP contribution in [-0.4, -0.2) is 22.1 Å². The fourth-order valence-corrected chi connectivity index (χ4v) is 2.25. The Morgan fingerprint density at radius 3 is 2.82 bits per heavy atom. The lowest BCUT2D eigenvalue weighted by molar-refractivity contribution is 0.0690. The van der Waals surface area contributed by atoms with Crippen LogP contribution < -0.4 is 5.32 Å². The molecule has 4 nitrogen and oxygen atoms in total. The van der Waals surface area contributed by atoms with Crippen LogP contribution in [0.4, 0.5) is 0 Å². The largest absolute Gasteiger partial charge is 0.477 e. The first kappa shape index (κ1) is 12.0. The summed E-state index contributed by atoms with van der Waals surface area (Å²) in [5.74, 6) is -0.968. The van der Waals surface area contributed by atoms with Crippen LogP contribution in [0, 0.1) is 0 Å². The molecule has 1 saturated carbocycles. The van der Waals surface area contributed by atoms with Gasteiger partial charge in [0, 0.05) is 12.6 Å². The first-order valence-electron chi connectivity index (χ1n) is 6.18. The molecule has 1 heterocycles. The highest BCUT2D eigenvalue weighted by Gasteiger charge is 2.13. The molecule has 2 rings (SSSR count). The van der Waals surface area contributed by atoms with Gasteiger partial charge in [-0.1, -0.05) is 25.3 Å². The molecule has 1 aliphatic carbocycles. The SMILES string of the molecule is O=C(O)c1cccc(CNC2CCCCC2)n1. The number of carbonyl (C=O) groups is 1. The summed E-state index contributed by atoms with van der Waals surface area (Å²) in [6.07, 6.45) is 6.36. The fraction of sp³-hybridized carbons (Fsp3) is 0.538. The van der Waals surface area contributed by atoms with E-state index in [1.54, 1.807) is 6.07 Å². The van der Waals surface area contributed by atoms with Crippen LogP contribution in [0.3, 0.4) is 0 Å². The Hall–Kier alpha value is -1.42. The number of hydrogen-bond donors (Lipinski definition) is 2. The number of aromatic carboxylic acids is 1. The van der Waals surface area contributed by atoms with E-state index in [9.17, 15) is 4.79 Å². The van der Waals surface area contributed by atoms with Crippen molar-refractivity contribution < 1.29 is 9.90 Å². The molecule has 0 radical (unpaired) electrons. The molecule has 17 heavy (non-hydrogen) atoms. The van der Waals surface area contributed by atoms with E-state index in [1.807, 2.05) is 6.07 Å². The van der Waals surface area contributed by atoms with Crippen molar-refractivity contribution in [1.29, 1.82) is 0 Å². The molecular formula is C13H18N2O2. The third-order valence-electron chi connectivity index (χ3n) is 3.20. The predicted molar refractivity (Wildman–Crippen MR) is 64.9 cm³/mol. The summed E-state index contributed by atoms with van der Waals surface area (Å²) in [6.45, 7) is 0.659. The number of carboxylic acid groups (broad SMARTS) is 1. The lowest BCUT2D eigenvalue weighted by Gasteiger charge is -2.22. The van der Waals surface area contributed by atoms with Gasteiger partial charge in [0.1, 0.15) is 5.69 Å². The van der Waals surface area contributed by atoms with Crippen molar-refractivity contribution in [2.45, 2.75) is 44.7 Å². The second-order valence-corrected chi connectivity index (χ2v) is 4.54. The maximum absolute atomic E-state index is 10.8. The van der Waals surface area contributed by atoms with E-state index in [-0.39, 0.29) is 5.69 Å². The van der Waals surface area contributed by atoms with E-state index in [0.29, 0.717) is 12.6 Å². The van der Waals surface area contributed by atoms with Crippen molar-refractivity contribution in [2.24, 2.45) is 0 Å². The molecule has 1 aromatic rings. The minimum atomic E-state index is -0.968. The van der Waals surface area contributed by atoms with Crippen molar-refractivity contribution in [2.75, 3.05) is 0 Å². The van der Waals surface area contributed by atoms with Crippen molar-refractivity contribution in [3.8, 4) is 0 Å². The van der Waals surface area contributed by atoms with E-state index < -0.39 is 5.97 Å². The van der Waals surface area contributed by atoms with Gasteiger partial charge in [0.05, 0.1) is 5.69 Å². The second-order valence-electron chi connectivity index (χ2n) is 4.54. The Kier molecular flexibility index (Phi) is 4.09. The average molecular weight is 234 g/mol. The Balaban J connectivity index is 1.89. The van der Waals surface area contributed by atoms with Crippen LogP contribution in [0.25, 0.3) is 0 Å². The summed E-state index contributed by atoms with van der Waals surface area (Å²) in [5.41, 5.74) is 0.920. The Bertz CT molecular complexity index is 387. The topological polar surface area (TPSA) is 62.2 Å². The molecule has 0 saturated heterocycles. The number of aromatic nitrogens is 1. The van der Waals surface area contributed by atoms with Gasteiger partial charge in [-0.05, 0) is 25.0 Å². The van der Waals surface area contributed by atoms with Crippen LogP contribution in [0.2, 0.25) is 0 Å². The van der Waals surface area contributed by atoms with Gasteiger partial charge in [-0.2, -0.15) is 0 Å². The molecule has 0 aromatic carbocycles. The average Bonchev–Trinajstić information content (AvgIpc) is 2.38. The van der Waals surface area contributed by atoms with E-state index in [2.05, 4.69) is 10.3 Å². The van der Waals surface area contributed by atoms with Crippen molar-refractivity contribution >= 4 is 5.97 Å². The first-order chi connectivity index (χ1) is 8.25. The molecule has 92 valence electrons. The lowest BCUT2D eigenvalue weighted by Crippen LogP contribution is -2.30. The predicted octanol–water partition coefficient (Wildman–Crippen LogP) is 2.20. The summed E-state index contributed by atoms with van der Waals surface area (Å²) in [5, 5.41) is 12.3. The minimum Gasteiger partial charge on any atom is -0.477 e. The number of nitrogens with zero attached hydrogens (tertiary/aromatic N) is 1. The standard InChI is InChI=1S/C13H18N2O2/c16-13(17)12-8-4-7-11(15-12)9-14-10-5-2-1-3-6-10/h4,7-8,10,14H,1-3,5-6,9H2,(H,16,17). The normalized spacial score (nSPS) is 16.9. The number of nitrogens with one attached hydrogen (secondary N) is 1. The molecular weight excluding hydrogens is 216 g/mol. The zero-order chi connectivity index (χ0) is 12.1. The maximum Gasteiger partial charge on any atom is 0.354 e. The molecule has 0 atom stereocenters. The summed E-state index contributed by atoms with van der Waals surface area (Å²) in [7, 11) is 0. The molecule has 4 heteroatoms. The van der Waals surface area contributed by atoms with Crippen molar-refractivity contribution in [1.82, 2.24) is 10.3 Å². The molecule has 0 spiro atoms. The van der Waals surface area contributed by atoms with Gasteiger partial charge in [0.25, 0.3) is 0 Å². The van der Waals surface area contributed by atoms with Crippen LogP contribution in [-0.2, 0) is 6.54 Å². The molecule has 0 bridgehead atoms. The highest BCUT2D eigenvalue weighted by atomic mass is 16.4. The quantitative estimate of drug-likeness (QED) is 0.838. The molecule has 0 amide bonds.